The van der Waals surface area contributed by atoms with E-state index < -0.39 is 46.9 Å². The normalized spacial score (nSPS) is 16.0. The van der Waals surface area contributed by atoms with Gasteiger partial charge in [0.25, 0.3) is 0 Å². The summed E-state index contributed by atoms with van der Waals surface area (Å²) < 4.78 is 28.2. The molecule has 18 nitrogen and oxygen atoms in total. The van der Waals surface area contributed by atoms with Crippen LogP contribution >= 0.6 is 0 Å². The molecule has 4 aliphatic rings. The second-order valence-corrected chi connectivity index (χ2v) is 29.5. The third-order valence-electron chi connectivity index (χ3n) is 20.9. The summed E-state index contributed by atoms with van der Waals surface area (Å²) in [7, 11) is 4.85. The standard InChI is InChI=1S/2C26H38N2.2C16H14O6.2C4H8O.2Zn/c2*1-17-11-19(3)23(20(4)12-17)15-27-25-9-7-8-10-26(25)28-16-24-21(5)13-18(2)14-22(24)6;2*1-21-15(19)9-3-5-13(17)11(7-9)12-8-10(16(20)22-2)4-6-14(12)18;2*1-2-4-5-3-1;;/h2*11-14,25-28H,7-10,15-16H2,1-6H3;2*3-8,17-18H,1-2H3;2*1-4H2;;/q;;;;;;2*+2/p-4/t2*25-,26-;;;;;;/m00....../s1. The molecular weight excluding hydrogens is 1520 g/mol. The molecule has 0 spiro atoms. The molecular formula is C92H116N4O14Zn2. The maximum atomic E-state index is 12.0. The smallest absolute Gasteiger partial charge is 0.872 e. The first-order valence-corrected chi connectivity index (χ1v) is 38.6. The Morgan fingerprint density at radius 1 is 0.304 bits per heavy atom. The predicted octanol–water partition coefficient (Wildman–Crippen LogP) is 15.2. The number of esters is 4. The second-order valence-electron chi connectivity index (χ2n) is 29.5. The van der Waals surface area contributed by atoms with Crippen molar-refractivity contribution in [1.29, 1.82) is 0 Å². The maximum Gasteiger partial charge on any atom is 2.00 e. The Morgan fingerprint density at radius 3 is 0.634 bits per heavy atom. The van der Waals surface area contributed by atoms with Crippen molar-refractivity contribution in [3.8, 4) is 45.3 Å². The molecule has 8 aromatic rings. The fourth-order valence-corrected chi connectivity index (χ4v) is 15.1. The average molecular weight is 1630 g/mol. The number of ether oxygens (including phenoxy) is 6. The van der Waals surface area contributed by atoms with Crippen LogP contribution in [0.1, 0.15) is 207 Å². The monoisotopic (exact) mass is 1630 g/mol. The quantitative estimate of drug-likeness (QED) is 0.0353. The Kier molecular flexibility index (Phi) is 40.1. The van der Waals surface area contributed by atoms with Gasteiger partial charge in [0.1, 0.15) is 0 Å². The van der Waals surface area contributed by atoms with E-state index in [0.717, 1.165) is 52.6 Å². The third kappa shape index (κ3) is 28.1. The summed E-state index contributed by atoms with van der Waals surface area (Å²) >= 11 is 0. The first-order chi connectivity index (χ1) is 52.6. The fourth-order valence-electron chi connectivity index (χ4n) is 15.1. The zero-order valence-electron chi connectivity index (χ0n) is 69.1. The fraction of sp³-hybridized carbons (Fsp3) is 0.435. The number of benzene rings is 8. The number of aryl methyl sites for hydroxylation is 12. The Labute approximate surface area is 690 Å². The van der Waals surface area contributed by atoms with E-state index in [4.69, 9.17) is 9.47 Å². The van der Waals surface area contributed by atoms with E-state index in [1.807, 2.05) is 0 Å². The number of nitrogens with one attached hydrogen (secondary N) is 4. The molecule has 4 atom stereocenters. The van der Waals surface area contributed by atoms with Crippen molar-refractivity contribution in [3.63, 3.8) is 0 Å². The van der Waals surface area contributed by atoms with Crippen LogP contribution < -0.4 is 41.7 Å². The van der Waals surface area contributed by atoms with Gasteiger partial charge in [0.15, 0.2) is 0 Å². The van der Waals surface area contributed by atoms with Crippen LogP contribution in [0.3, 0.4) is 0 Å². The minimum Gasteiger partial charge on any atom is -0.872 e. The summed E-state index contributed by atoms with van der Waals surface area (Å²) in [6.45, 7) is 34.6. The van der Waals surface area contributed by atoms with Crippen molar-refractivity contribution >= 4 is 23.9 Å². The van der Waals surface area contributed by atoms with Crippen LogP contribution in [0.4, 0.5) is 0 Å². The van der Waals surface area contributed by atoms with Gasteiger partial charge < -0.3 is 70.1 Å². The van der Waals surface area contributed by atoms with Gasteiger partial charge in [-0.2, -0.15) is 0 Å². The molecule has 2 saturated heterocycles. The Bertz CT molecular complexity index is 3750. The van der Waals surface area contributed by atoms with Gasteiger partial charge in [-0.1, -0.05) is 121 Å². The summed E-state index contributed by atoms with van der Waals surface area (Å²) in [6, 6.07) is 35.7. The SMILES string of the molecule is C1CCOC1.C1CCOC1.COC(=O)c1ccc([O-])c(-c2cc(C(=O)OC)ccc2[O-])c1.COC(=O)c1ccc([O-])c(-c2cc(C(=O)OC)ccc2[O-])c1.Cc1cc(C)c(CN[C@H]2CCCC[C@@H]2NCc2c(C)cc(C)cc2C)c(C)c1.Cc1cc(C)c(CN[C@H]2CCCC[C@@H]2NCc2c(C)cc(C)cc2C)c(C)c1.[Zn+2].[Zn+2]. The molecule has 0 bridgehead atoms. The first-order valence-electron chi connectivity index (χ1n) is 38.6. The molecule has 2 saturated carbocycles. The molecule has 2 aliphatic heterocycles. The first kappa shape index (κ1) is 94.4. The minimum atomic E-state index is -0.627. The second kappa shape index (κ2) is 47.5. The zero-order chi connectivity index (χ0) is 80.1. The summed E-state index contributed by atoms with van der Waals surface area (Å²) in [5, 5.41) is 63.5. The van der Waals surface area contributed by atoms with Gasteiger partial charge in [-0.25, -0.2) is 19.2 Å². The topological polar surface area (TPSA) is 264 Å². The number of hydrogen-bond acceptors (Lipinski definition) is 18. The van der Waals surface area contributed by atoms with E-state index in [9.17, 15) is 39.6 Å². The Balaban J connectivity index is 0.000000255. The van der Waals surface area contributed by atoms with Crippen LogP contribution in [0.5, 0.6) is 23.0 Å². The largest absolute Gasteiger partial charge is 2.00 e. The number of rotatable bonds is 18. The molecule has 592 valence electrons. The summed E-state index contributed by atoms with van der Waals surface area (Å²) in [6.07, 6.45) is 15.5. The van der Waals surface area contributed by atoms with Crippen molar-refractivity contribution < 1.29 is 107 Å². The molecule has 0 aromatic heterocycles. The van der Waals surface area contributed by atoms with E-state index in [0.29, 0.717) is 24.2 Å². The van der Waals surface area contributed by atoms with E-state index in [2.05, 4.69) is 172 Å². The number of methoxy groups -OCH3 is 4. The number of hydrogen-bond donors (Lipinski definition) is 4. The molecule has 20 heteroatoms. The van der Waals surface area contributed by atoms with Crippen molar-refractivity contribution in [3.05, 3.63) is 233 Å². The maximum absolute atomic E-state index is 12.0. The Morgan fingerprint density at radius 2 is 0.482 bits per heavy atom. The van der Waals surface area contributed by atoms with Gasteiger partial charge >= 0.3 is 62.8 Å². The average Bonchev–Trinajstić information content (AvgIpc) is 1.74. The third-order valence-corrected chi connectivity index (χ3v) is 20.9. The summed E-state index contributed by atoms with van der Waals surface area (Å²) in [5.74, 6) is -4.26. The summed E-state index contributed by atoms with van der Waals surface area (Å²) in [4.78, 5) is 46.2. The van der Waals surface area contributed by atoms with Crippen LogP contribution in [0, 0.1) is 83.1 Å². The van der Waals surface area contributed by atoms with Crippen molar-refractivity contribution in [1.82, 2.24) is 21.3 Å². The van der Waals surface area contributed by atoms with Gasteiger partial charge in [-0.15, -0.1) is 23.0 Å². The van der Waals surface area contributed by atoms with E-state index in [1.54, 1.807) is 0 Å². The van der Waals surface area contributed by atoms with Gasteiger partial charge in [0, 0.05) is 76.8 Å². The Hall–Kier alpha value is -8.15. The molecule has 4 N–H and O–H groups in total. The van der Waals surface area contributed by atoms with Crippen molar-refractivity contribution in [2.75, 3.05) is 54.9 Å². The van der Waals surface area contributed by atoms with E-state index in [1.165, 1.54) is 267 Å². The van der Waals surface area contributed by atoms with Crippen molar-refractivity contribution in [2.24, 2.45) is 0 Å². The van der Waals surface area contributed by atoms with Crippen LogP contribution in [-0.2, 0) is 93.6 Å². The van der Waals surface area contributed by atoms with Crippen molar-refractivity contribution in [2.45, 2.75) is 210 Å². The van der Waals surface area contributed by atoms with Gasteiger partial charge in [0.05, 0.1) is 50.7 Å². The van der Waals surface area contributed by atoms with Crippen LogP contribution in [0.25, 0.3) is 22.3 Å². The van der Waals surface area contributed by atoms with Gasteiger partial charge in [-0.05, 0) is 272 Å². The van der Waals surface area contributed by atoms with Crippen LogP contribution in [0.15, 0.2) is 121 Å². The van der Waals surface area contributed by atoms with Gasteiger partial charge in [0.2, 0.25) is 0 Å². The van der Waals surface area contributed by atoms with Crippen LogP contribution in [0.2, 0.25) is 0 Å². The molecule has 0 amide bonds. The molecule has 4 fully saturated rings. The van der Waals surface area contributed by atoms with E-state index in [-0.39, 0.29) is 83.5 Å². The summed E-state index contributed by atoms with van der Waals surface area (Å²) in [5.41, 5.74) is 23.3. The van der Waals surface area contributed by atoms with Crippen LogP contribution in [-0.4, -0.2) is 103 Å². The number of carbonyl (C=O) groups excluding carboxylic acids is 4. The molecule has 0 radical (unpaired) electrons. The molecule has 0 unspecified atom stereocenters. The predicted molar refractivity (Wildman–Crippen MR) is 429 cm³/mol. The molecule has 8 aromatic carbocycles. The molecule has 12 rings (SSSR count). The zero-order valence-corrected chi connectivity index (χ0v) is 75.1. The number of carbonyl (C=O) groups is 4. The van der Waals surface area contributed by atoms with E-state index >= 15 is 0 Å². The van der Waals surface area contributed by atoms with Gasteiger partial charge in [-0.3, -0.25) is 0 Å². The molecule has 2 aliphatic carbocycles. The minimum absolute atomic E-state index is 0. The molecule has 2 heterocycles. The molecule has 112 heavy (non-hydrogen) atoms.